The van der Waals surface area contributed by atoms with E-state index in [4.69, 9.17) is 4.74 Å². The van der Waals surface area contributed by atoms with Crippen LogP contribution < -0.4 is 5.32 Å². The molecule has 1 N–H and O–H groups in total. The molecular weight excluding hydrogens is 274 g/mol. The molecule has 132 valence electrons. The monoisotopic (exact) mass is 313 g/mol. The van der Waals surface area contributed by atoms with Gasteiger partial charge in [0.25, 0.3) is 0 Å². The molecule has 22 heavy (non-hydrogen) atoms. The lowest BCUT2D eigenvalue weighted by Gasteiger charge is -2.04. The number of unbranched alkanes of at least 4 members (excludes halogenated alkanes) is 12. The van der Waals surface area contributed by atoms with Crippen LogP contribution in [0.5, 0.6) is 0 Å². The number of nitrogens with one attached hydrogen (secondary N) is 1. The normalized spacial score (nSPS) is 10.8. The van der Waals surface area contributed by atoms with E-state index in [0.717, 1.165) is 19.4 Å². The highest BCUT2D eigenvalue weighted by Gasteiger charge is 2.01. The zero-order valence-electron chi connectivity index (χ0n) is 15.1. The van der Waals surface area contributed by atoms with Gasteiger partial charge in [0, 0.05) is 13.0 Å². The number of hydrogen-bond acceptors (Lipinski definition) is 3. The van der Waals surface area contributed by atoms with Crippen molar-refractivity contribution in [1.82, 2.24) is 5.32 Å². The van der Waals surface area contributed by atoms with Gasteiger partial charge in [0.1, 0.15) is 6.61 Å². The van der Waals surface area contributed by atoms with Crippen LogP contribution in [0, 0.1) is 0 Å². The molecule has 0 aliphatic rings. The molecule has 0 aromatic carbocycles. The zero-order valence-corrected chi connectivity index (χ0v) is 15.1. The summed E-state index contributed by atoms with van der Waals surface area (Å²) >= 11 is 0. The fraction of sp³-hybridized carbons (Fsp3) is 0.947. The Kier molecular flexibility index (Phi) is 18.0. The van der Waals surface area contributed by atoms with Gasteiger partial charge in [-0.05, 0) is 13.5 Å². The van der Waals surface area contributed by atoms with Gasteiger partial charge in [-0.25, -0.2) is 0 Å². The Labute approximate surface area is 138 Å². The fourth-order valence-electron chi connectivity index (χ4n) is 2.63. The number of carbonyl (C=O) groups is 1. The molecule has 3 nitrogen and oxygen atoms in total. The number of likely N-dealkylation sites (N-methyl/N-ethyl adjacent to an activating group) is 1. The van der Waals surface area contributed by atoms with Crippen LogP contribution in [-0.4, -0.2) is 26.2 Å². The van der Waals surface area contributed by atoms with Crippen LogP contribution in [0.3, 0.4) is 0 Å². The van der Waals surface area contributed by atoms with Gasteiger partial charge >= 0.3 is 5.97 Å². The SMILES string of the molecule is CCCCCCCCCCCCCCCC(=O)OCCNC. The van der Waals surface area contributed by atoms with Crippen LogP contribution >= 0.6 is 0 Å². The van der Waals surface area contributed by atoms with E-state index >= 15 is 0 Å². The summed E-state index contributed by atoms with van der Waals surface area (Å²) in [5.41, 5.74) is 0. The largest absolute Gasteiger partial charge is 0.464 e. The molecule has 0 atom stereocenters. The van der Waals surface area contributed by atoms with Crippen molar-refractivity contribution >= 4 is 5.97 Å². The predicted molar refractivity (Wildman–Crippen MR) is 95.2 cm³/mol. The number of hydrogen-bond donors (Lipinski definition) is 1. The quantitative estimate of drug-likeness (QED) is 0.295. The Morgan fingerprint density at radius 1 is 0.773 bits per heavy atom. The second-order valence-corrected chi connectivity index (χ2v) is 6.32. The van der Waals surface area contributed by atoms with Crippen molar-refractivity contribution in [2.75, 3.05) is 20.2 Å². The maximum atomic E-state index is 11.4. The smallest absolute Gasteiger partial charge is 0.305 e. The van der Waals surface area contributed by atoms with Crippen molar-refractivity contribution in [3.63, 3.8) is 0 Å². The zero-order chi connectivity index (χ0) is 16.3. The second kappa shape index (κ2) is 18.5. The van der Waals surface area contributed by atoms with Gasteiger partial charge < -0.3 is 10.1 Å². The fourth-order valence-corrected chi connectivity index (χ4v) is 2.63. The van der Waals surface area contributed by atoms with Crippen molar-refractivity contribution in [3.8, 4) is 0 Å². The summed E-state index contributed by atoms with van der Waals surface area (Å²) < 4.78 is 5.09. The molecule has 0 amide bonds. The summed E-state index contributed by atoms with van der Waals surface area (Å²) in [4.78, 5) is 11.4. The van der Waals surface area contributed by atoms with Crippen LogP contribution in [-0.2, 0) is 9.53 Å². The van der Waals surface area contributed by atoms with Crippen LogP contribution in [0.4, 0.5) is 0 Å². The van der Waals surface area contributed by atoms with E-state index in [1.807, 2.05) is 7.05 Å². The minimum Gasteiger partial charge on any atom is -0.464 e. The first-order valence-corrected chi connectivity index (χ1v) is 9.61. The van der Waals surface area contributed by atoms with Crippen molar-refractivity contribution in [2.24, 2.45) is 0 Å². The number of carbonyl (C=O) groups excluding carboxylic acids is 1. The first kappa shape index (κ1) is 21.4. The summed E-state index contributed by atoms with van der Waals surface area (Å²) in [7, 11) is 1.86. The highest BCUT2D eigenvalue weighted by molar-refractivity contribution is 5.69. The van der Waals surface area contributed by atoms with Gasteiger partial charge in [0.05, 0.1) is 0 Å². The molecule has 0 saturated carbocycles. The predicted octanol–water partition coefficient (Wildman–Crippen LogP) is 5.23. The van der Waals surface area contributed by atoms with E-state index in [0.29, 0.717) is 13.0 Å². The molecular formula is C19H39NO2. The second-order valence-electron chi connectivity index (χ2n) is 6.32. The average molecular weight is 314 g/mol. The molecule has 0 radical (unpaired) electrons. The third kappa shape index (κ3) is 17.5. The van der Waals surface area contributed by atoms with Gasteiger partial charge in [-0.3, -0.25) is 4.79 Å². The van der Waals surface area contributed by atoms with Gasteiger partial charge in [-0.2, -0.15) is 0 Å². The third-order valence-electron chi connectivity index (χ3n) is 4.10. The lowest BCUT2D eigenvalue weighted by Crippen LogP contribution is -2.17. The van der Waals surface area contributed by atoms with Gasteiger partial charge in [0.2, 0.25) is 0 Å². The first-order valence-electron chi connectivity index (χ1n) is 9.61. The summed E-state index contributed by atoms with van der Waals surface area (Å²) in [5.74, 6) is -0.0432. The van der Waals surface area contributed by atoms with E-state index in [1.165, 1.54) is 70.6 Å². The molecule has 3 heteroatoms. The third-order valence-corrected chi connectivity index (χ3v) is 4.10. The van der Waals surface area contributed by atoms with Crippen LogP contribution in [0.15, 0.2) is 0 Å². The maximum absolute atomic E-state index is 11.4. The Hall–Kier alpha value is -0.570. The Morgan fingerprint density at radius 2 is 1.23 bits per heavy atom. The molecule has 0 rings (SSSR count). The highest BCUT2D eigenvalue weighted by Crippen LogP contribution is 2.13. The van der Waals surface area contributed by atoms with Crippen LogP contribution in [0.25, 0.3) is 0 Å². The van der Waals surface area contributed by atoms with Gasteiger partial charge in [-0.15, -0.1) is 0 Å². The molecule has 0 bridgehead atoms. The van der Waals surface area contributed by atoms with E-state index in [9.17, 15) is 4.79 Å². The Morgan fingerprint density at radius 3 is 1.68 bits per heavy atom. The molecule has 0 fully saturated rings. The Bertz CT molecular complexity index is 231. The summed E-state index contributed by atoms with van der Waals surface area (Å²) in [5, 5.41) is 2.96. The standard InChI is InChI=1S/C19H39NO2/c1-3-4-5-6-7-8-9-10-11-12-13-14-15-16-19(21)22-18-17-20-2/h20H,3-18H2,1-2H3. The van der Waals surface area contributed by atoms with Crippen molar-refractivity contribution < 1.29 is 9.53 Å². The van der Waals surface area contributed by atoms with Crippen molar-refractivity contribution in [1.29, 1.82) is 0 Å². The van der Waals surface area contributed by atoms with Gasteiger partial charge in [0.15, 0.2) is 0 Å². The number of ether oxygens (including phenoxy) is 1. The van der Waals surface area contributed by atoms with E-state index in [-0.39, 0.29) is 5.97 Å². The molecule has 0 saturated heterocycles. The molecule has 0 aliphatic carbocycles. The molecule has 0 aromatic rings. The summed E-state index contributed by atoms with van der Waals surface area (Å²) in [6.07, 6.45) is 17.9. The van der Waals surface area contributed by atoms with Gasteiger partial charge in [-0.1, -0.05) is 84.0 Å². The van der Waals surface area contributed by atoms with E-state index < -0.39 is 0 Å². The van der Waals surface area contributed by atoms with Crippen molar-refractivity contribution in [2.45, 2.75) is 96.8 Å². The molecule has 0 spiro atoms. The molecule has 0 aromatic heterocycles. The summed E-state index contributed by atoms with van der Waals surface area (Å²) in [6, 6.07) is 0. The summed E-state index contributed by atoms with van der Waals surface area (Å²) in [6.45, 7) is 3.50. The lowest BCUT2D eigenvalue weighted by atomic mass is 10.0. The first-order chi connectivity index (χ1) is 10.8. The maximum Gasteiger partial charge on any atom is 0.305 e. The van der Waals surface area contributed by atoms with E-state index in [1.54, 1.807) is 0 Å². The topological polar surface area (TPSA) is 38.3 Å². The number of rotatable bonds is 17. The molecule has 0 unspecified atom stereocenters. The van der Waals surface area contributed by atoms with Crippen molar-refractivity contribution in [3.05, 3.63) is 0 Å². The Balaban J connectivity index is 3.06. The lowest BCUT2D eigenvalue weighted by molar-refractivity contribution is -0.143. The molecule has 0 heterocycles. The van der Waals surface area contributed by atoms with Crippen LogP contribution in [0.2, 0.25) is 0 Å². The van der Waals surface area contributed by atoms with E-state index in [2.05, 4.69) is 12.2 Å². The minimum absolute atomic E-state index is 0.0432. The van der Waals surface area contributed by atoms with Crippen LogP contribution in [0.1, 0.15) is 96.8 Å². The minimum atomic E-state index is -0.0432. The highest BCUT2D eigenvalue weighted by atomic mass is 16.5. The number of esters is 1. The molecule has 0 aliphatic heterocycles. The average Bonchev–Trinajstić information content (AvgIpc) is 2.52.